The van der Waals surface area contributed by atoms with Gasteiger partial charge in [-0.3, -0.25) is 9.59 Å². The van der Waals surface area contributed by atoms with Gasteiger partial charge in [-0.2, -0.15) is 0 Å². The number of ether oxygens (including phenoxy) is 3. The molecule has 1 aromatic heterocycles. The average molecular weight is 437 g/mol. The van der Waals surface area contributed by atoms with Crippen molar-refractivity contribution in [1.82, 2.24) is 4.98 Å². The summed E-state index contributed by atoms with van der Waals surface area (Å²) < 4.78 is 15.6. The van der Waals surface area contributed by atoms with E-state index in [2.05, 4.69) is 15.6 Å². The van der Waals surface area contributed by atoms with E-state index in [0.29, 0.717) is 35.0 Å². The van der Waals surface area contributed by atoms with Crippen molar-refractivity contribution in [2.24, 2.45) is 0 Å². The normalized spacial score (nSPS) is 10.6. The van der Waals surface area contributed by atoms with Gasteiger partial charge in [0.15, 0.2) is 0 Å². The Labute approximate surface area is 186 Å². The molecule has 3 aromatic rings. The number of H-pyrrole nitrogens is 1. The number of para-hydroxylation sites is 2. The average Bonchev–Trinajstić information content (AvgIpc) is 3.08. The van der Waals surface area contributed by atoms with Crippen molar-refractivity contribution >= 4 is 23.2 Å². The van der Waals surface area contributed by atoms with Crippen LogP contribution in [0.25, 0.3) is 0 Å². The highest BCUT2D eigenvalue weighted by Crippen LogP contribution is 2.24. The van der Waals surface area contributed by atoms with Gasteiger partial charge in [0.1, 0.15) is 18.2 Å². The van der Waals surface area contributed by atoms with Gasteiger partial charge >= 0.3 is 0 Å². The van der Waals surface area contributed by atoms with Crippen LogP contribution in [0.1, 0.15) is 37.7 Å². The number of nitrogens with one attached hydrogen (secondary N) is 3. The Morgan fingerprint density at radius 2 is 1.66 bits per heavy atom. The summed E-state index contributed by atoms with van der Waals surface area (Å²) in [6, 6.07) is 13.8. The van der Waals surface area contributed by atoms with Crippen LogP contribution in [0.5, 0.6) is 5.75 Å². The van der Waals surface area contributed by atoms with Crippen molar-refractivity contribution in [3.05, 3.63) is 76.6 Å². The van der Waals surface area contributed by atoms with Crippen LogP contribution in [0.2, 0.25) is 0 Å². The monoisotopic (exact) mass is 437 g/mol. The van der Waals surface area contributed by atoms with Crippen LogP contribution in [0.3, 0.4) is 0 Å². The number of carbonyl (C=O) groups excluding carboxylic acids is 2. The Morgan fingerprint density at radius 1 is 0.938 bits per heavy atom. The number of rotatable bonds is 9. The van der Waals surface area contributed by atoms with Crippen LogP contribution in [0.4, 0.5) is 11.4 Å². The zero-order valence-electron chi connectivity index (χ0n) is 18.6. The van der Waals surface area contributed by atoms with Crippen molar-refractivity contribution in [2.45, 2.75) is 20.5 Å². The number of anilines is 2. The van der Waals surface area contributed by atoms with Crippen LogP contribution in [0, 0.1) is 13.8 Å². The van der Waals surface area contributed by atoms with E-state index in [0.717, 1.165) is 16.8 Å². The molecule has 3 N–H and O–H groups in total. The van der Waals surface area contributed by atoms with Gasteiger partial charge in [0, 0.05) is 29.6 Å². The van der Waals surface area contributed by atoms with E-state index in [1.807, 2.05) is 26.0 Å². The van der Waals surface area contributed by atoms with Gasteiger partial charge in [0.2, 0.25) is 0 Å². The van der Waals surface area contributed by atoms with E-state index in [1.54, 1.807) is 50.6 Å². The zero-order valence-corrected chi connectivity index (χ0v) is 18.6. The van der Waals surface area contributed by atoms with E-state index in [4.69, 9.17) is 14.2 Å². The molecule has 8 heteroatoms. The highest BCUT2D eigenvalue weighted by Gasteiger charge is 2.18. The Bertz CT molecular complexity index is 1090. The number of carbonyl (C=O) groups is 2. The lowest BCUT2D eigenvalue weighted by molar-refractivity contribution is -0.0393. The maximum absolute atomic E-state index is 12.8. The van der Waals surface area contributed by atoms with Crippen LogP contribution in [0.15, 0.2) is 48.5 Å². The number of benzene rings is 2. The van der Waals surface area contributed by atoms with Gasteiger partial charge in [-0.15, -0.1) is 0 Å². The first kappa shape index (κ1) is 23.1. The van der Waals surface area contributed by atoms with Crippen molar-refractivity contribution in [2.75, 3.05) is 31.6 Å². The number of amides is 2. The molecule has 0 radical (unpaired) electrons. The summed E-state index contributed by atoms with van der Waals surface area (Å²) in [7, 11) is 3.11. The van der Waals surface area contributed by atoms with Gasteiger partial charge in [-0.1, -0.05) is 12.1 Å². The lowest BCUT2D eigenvalue weighted by Crippen LogP contribution is -2.15. The zero-order chi connectivity index (χ0) is 23.1. The summed E-state index contributed by atoms with van der Waals surface area (Å²) in [5.41, 5.74) is 4.70. The minimum atomic E-state index is -0.274. The molecule has 168 valence electrons. The number of hydrogen-bond donors (Lipinski definition) is 3. The van der Waals surface area contributed by atoms with Gasteiger partial charge in [0.05, 0.1) is 19.4 Å². The fourth-order valence-electron chi connectivity index (χ4n) is 3.30. The molecule has 0 saturated heterocycles. The predicted octanol–water partition coefficient (Wildman–Crippen LogP) is 4.27. The maximum Gasteiger partial charge on any atom is 0.272 e. The Balaban J connectivity index is 1.66. The summed E-state index contributed by atoms with van der Waals surface area (Å²) in [5, 5.41) is 5.68. The second kappa shape index (κ2) is 10.6. The first-order valence-electron chi connectivity index (χ1n) is 10.0. The molecule has 8 nitrogen and oxygen atoms in total. The molecule has 0 bridgehead atoms. The van der Waals surface area contributed by atoms with Crippen molar-refractivity contribution in [1.29, 1.82) is 0 Å². The number of aromatic nitrogens is 1. The van der Waals surface area contributed by atoms with Crippen LogP contribution in [-0.4, -0.2) is 37.8 Å². The standard InChI is InChI=1S/C24H27N3O5/c1-15-19(13-32-14-30-3)16(2)25-22(15)24(29)26-18-11-9-17(10-12-18)23(28)27-20-7-5-6-8-21(20)31-4/h5-12,25H,13-14H2,1-4H3,(H,26,29)(H,27,28). The fraction of sp³-hybridized carbons (Fsp3) is 0.250. The van der Waals surface area contributed by atoms with Crippen LogP contribution >= 0.6 is 0 Å². The number of methoxy groups -OCH3 is 2. The molecule has 0 unspecified atom stereocenters. The summed E-state index contributed by atoms with van der Waals surface area (Å²) in [6.07, 6.45) is 0. The smallest absolute Gasteiger partial charge is 0.272 e. The van der Waals surface area contributed by atoms with Crippen molar-refractivity contribution in [3.8, 4) is 5.75 Å². The summed E-state index contributed by atoms with van der Waals surface area (Å²) in [6.45, 7) is 4.30. The molecule has 2 aromatic carbocycles. The minimum absolute atomic E-state index is 0.183. The lowest BCUT2D eigenvalue weighted by Gasteiger charge is -2.10. The van der Waals surface area contributed by atoms with E-state index < -0.39 is 0 Å². The molecular weight excluding hydrogens is 410 g/mol. The Kier molecular flexibility index (Phi) is 7.64. The number of aryl methyl sites for hydroxylation is 1. The number of aromatic amines is 1. The maximum atomic E-state index is 12.8. The molecule has 0 fully saturated rings. The Hall–Kier alpha value is -3.62. The molecule has 2 amide bonds. The quantitative estimate of drug-likeness (QED) is 0.343. The van der Waals surface area contributed by atoms with Gasteiger partial charge in [0.25, 0.3) is 11.8 Å². The van der Waals surface area contributed by atoms with E-state index in [1.165, 1.54) is 0 Å². The third-order valence-corrected chi connectivity index (χ3v) is 5.03. The van der Waals surface area contributed by atoms with E-state index in [-0.39, 0.29) is 18.6 Å². The molecule has 0 saturated carbocycles. The highest BCUT2D eigenvalue weighted by atomic mass is 16.7. The van der Waals surface area contributed by atoms with Gasteiger partial charge < -0.3 is 29.8 Å². The SMILES string of the molecule is COCOCc1c(C)[nH]c(C(=O)Nc2ccc(C(=O)Nc3ccccc3OC)cc2)c1C. The predicted molar refractivity (Wildman–Crippen MR) is 122 cm³/mol. The molecular formula is C24H27N3O5. The second-order valence-electron chi connectivity index (χ2n) is 7.17. The minimum Gasteiger partial charge on any atom is -0.495 e. The molecule has 1 heterocycles. The van der Waals surface area contributed by atoms with Crippen LogP contribution < -0.4 is 15.4 Å². The lowest BCUT2D eigenvalue weighted by atomic mass is 10.1. The third-order valence-electron chi connectivity index (χ3n) is 5.03. The van der Waals surface area contributed by atoms with Gasteiger partial charge in [-0.25, -0.2) is 0 Å². The number of hydrogen-bond acceptors (Lipinski definition) is 5. The molecule has 0 aliphatic heterocycles. The van der Waals surface area contributed by atoms with E-state index >= 15 is 0 Å². The largest absolute Gasteiger partial charge is 0.495 e. The molecule has 0 spiro atoms. The summed E-state index contributed by atoms with van der Waals surface area (Å²) in [4.78, 5) is 28.4. The first-order chi connectivity index (χ1) is 15.4. The topological polar surface area (TPSA) is 102 Å². The Morgan fingerprint density at radius 3 is 2.34 bits per heavy atom. The summed E-state index contributed by atoms with van der Waals surface area (Å²) >= 11 is 0. The van der Waals surface area contributed by atoms with Crippen molar-refractivity contribution in [3.63, 3.8) is 0 Å². The van der Waals surface area contributed by atoms with Crippen LogP contribution in [-0.2, 0) is 16.1 Å². The van der Waals surface area contributed by atoms with Gasteiger partial charge in [-0.05, 0) is 55.8 Å². The highest BCUT2D eigenvalue weighted by molar-refractivity contribution is 6.06. The second-order valence-corrected chi connectivity index (χ2v) is 7.17. The first-order valence-corrected chi connectivity index (χ1v) is 10.0. The molecule has 0 aliphatic carbocycles. The molecule has 0 aliphatic rings. The molecule has 3 rings (SSSR count). The third kappa shape index (κ3) is 5.35. The molecule has 32 heavy (non-hydrogen) atoms. The fourth-order valence-corrected chi connectivity index (χ4v) is 3.30. The molecule has 0 atom stereocenters. The van der Waals surface area contributed by atoms with Crippen molar-refractivity contribution < 1.29 is 23.8 Å². The summed E-state index contributed by atoms with van der Waals surface area (Å²) in [5.74, 6) is 0.0343. The van der Waals surface area contributed by atoms with E-state index in [9.17, 15) is 9.59 Å².